The summed E-state index contributed by atoms with van der Waals surface area (Å²) in [5.74, 6) is 0.0815. The molecule has 1 rings (SSSR count). The van der Waals surface area contributed by atoms with Crippen molar-refractivity contribution in [2.75, 3.05) is 0 Å². The number of carboxylic acids is 1. The molecule has 0 spiro atoms. The van der Waals surface area contributed by atoms with Gasteiger partial charge >= 0.3 is 5.97 Å². The van der Waals surface area contributed by atoms with Crippen molar-refractivity contribution in [3.05, 3.63) is 35.4 Å². The first-order chi connectivity index (χ1) is 7.63. The lowest BCUT2D eigenvalue weighted by Gasteiger charge is -2.10. The number of thioether (sulfide) groups is 1. The van der Waals surface area contributed by atoms with Crippen LogP contribution in [-0.2, 0) is 10.5 Å². The fourth-order valence-corrected chi connectivity index (χ4v) is 2.66. The number of hydrogen-bond acceptors (Lipinski definition) is 2. The lowest BCUT2D eigenvalue weighted by molar-refractivity contribution is -0.136. The van der Waals surface area contributed by atoms with E-state index in [1.165, 1.54) is 22.9 Å². The zero-order valence-electron chi connectivity index (χ0n) is 9.77. The summed E-state index contributed by atoms with van der Waals surface area (Å²) in [4.78, 5) is 11.0. The summed E-state index contributed by atoms with van der Waals surface area (Å²) in [6, 6.07) is 8.22. The highest BCUT2D eigenvalue weighted by atomic mass is 32.2. The molecule has 1 N–H and O–H groups in total. The number of carboxylic acid groups (broad SMARTS) is 1. The van der Waals surface area contributed by atoms with E-state index < -0.39 is 5.97 Å². The van der Waals surface area contributed by atoms with Crippen molar-refractivity contribution in [1.29, 1.82) is 0 Å². The molecule has 0 heterocycles. The molecule has 0 fully saturated rings. The van der Waals surface area contributed by atoms with Crippen LogP contribution in [0.1, 0.15) is 30.9 Å². The third-order valence-electron chi connectivity index (χ3n) is 2.36. The molecule has 0 aromatic heterocycles. The van der Waals surface area contributed by atoms with Gasteiger partial charge in [0.1, 0.15) is 5.25 Å². The van der Waals surface area contributed by atoms with Crippen molar-refractivity contribution in [3.8, 4) is 0 Å². The Hall–Kier alpha value is -0.960. The van der Waals surface area contributed by atoms with Gasteiger partial charge in [0.25, 0.3) is 0 Å². The molecule has 3 heteroatoms. The highest BCUT2D eigenvalue weighted by molar-refractivity contribution is 7.99. The van der Waals surface area contributed by atoms with E-state index in [0.29, 0.717) is 0 Å². The van der Waals surface area contributed by atoms with Crippen molar-refractivity contribution >= 4 is 17.7 Å². The van der Waals surface area contributed by atoms with E-state index in [1.54, 1.807) is 0 Å². The molecule has 1 unspecified atom stereocenters. The van der Waals surface area contributed by atoms with Gasteiger partial charge in [0.15, 0.2) is 0 Å². The second-order valence-corrected chi connectivity index (χ2v) is 5.11. The van der Waals surface area contributed by atoms with Gasteiger partial charge in [0.05, 0.1) is 0 Å². The largest absolute Gasteiger partial charge is 0.480 e. The molecule has 0 bridgehead atoms. The summed E-state index contributed by atoms with van der Waals surface area (Å²) in [7, 11) is 0. The average molecular weight is 238 g/mol. The van der Waals surface area contributed by atoms with E-state index in [-0.39, 0.29) is 5.25 Å². The van der Waals surface area contributed by atoms with Gasteiger partial charge < -0.3 is 5.11 Å². The monoisotopic (exact) mass is 238 g/mol. The van der Waals surface area contributed by atoms with E-state index >= 15 is 0 Å². The van der Waals surface area contributed by atoms with Crippen LogP contribution in [0.5, 0.6) is 0 Å². The normalized spacial score (nSPS) is 12.4. The lowest BCUT2D eigenvalue weighted by Crippen LogP contribution is -2.16. The predicted molar refractivity (Wildman–Crippen MR) is 68.8 cm³/mol. The molecular weight excluding hydrogens is 220 g/mol. The minimum atomic E-state index is -0.695. The van der Waals surface area contributed by atoms with E-state index in [1.807, 2.05) is 19.1 Å². The number of aryl methyl sites for hydroxylation is 1. The Morgan fingerprint density at radius 3 is 2.81 bits per heavy atom. The first kappa shape index (κ1) is 13.1. The van der Waals surface area contributed by atoms with E-state index in [9.17, 15) is 4.79 Å². The van der Waals surface area contributed by atoms with Crippen molar-refractivity contribution in [2.45, 2.75) is 37.7 Å². The summed E-state index contributed by atoms with van der Waals surface area (Å²) >= 11 is 1.52. The van der Waals surface area contributed by atoms with E-state index in [2.05, 4.69) is 19.1 Å². The Morgan fingerprint density at radius 1 is 1.50 bits per heavy atom. The van der Waals surface area contributed by atoms with Crippen molar-refractivity contribution < 1.29 is 9.90 Å². The molecule has 0 saturated carbocycles. The fourth-order valence-electron chi connectivity index (χ4n) is 1.54. The summed E-state index contributed by atoms with van der Waals surface area (Å²) in [6.07, 6.45) is 1.66. The van der Waals surface area contributed by atoms with Crippen LogP contribution in [0, 0.1) is 6.92 Å². The topological polar surface area (TPSA) is 37.3 Å². The summed E-state index contributed by atoms with van der Waals surface area (Å²) in [6.45, 7) is 4.07. The molecule has 88 valence electrons. The predicted octanol–water partition coefficient (Wildman–Crippen LogP) is 3.48. The van der Waals surface area contributed by atoms with Gasteiger partial charge in [0.2, 0.25) is 0 Å². The second kappa shape index (κ2) is 6.59. The Labute approximate surface area is 101 Å². The van der Waals surface area contributed by atoms with Gasteiger partial charge in [-0.15, -0.1) is 11.8 Å². The maximum absolute atomic E-state index is 11.0. The average Bonchev–Trinajstić information content (AvgIpc) is 2.24. The summed E-state index contributed by atoms with van der Waals surface area (Å²) < 4.78 is 0. The summed E-state index contributed by atoms with van der Waals surface area (Å²) in [5.41, 5.74) is 2.42. The molecule has 0 aliphatic heterocycles. The van der Waals surface area contributed by atoms with Crippen LogP contribution in [0.15, 0.2) is 24.3 Å². The SMILES string of the molecule is CCCC(SCc1cccc(C)c1)C(=O)O. The molecule has 2 nitrogen and oxygen atoms in total. The molecule has 1 aromatic rings. The molecule has 0 radical (unpaired) electrons. The molecule has 0 aliphatic carbocycles. The Balaban J connectivity index is 2.51. The number of carbonyl (C=O) groups is 1. The van der Waals surface area contributed by atoms with Crippen molar-refractivity contribution in [2.24, 2.45) is 0 Å². The van der Waals surface area contributed by atoms with Gasteiger partial charge in [-0.3, -0.25) is 4.79 Å². The molecular formula is C13H18O2S. The smallest absolute Gasteiger partial charge is 0.316 e. The maximum Gasteiger partial charge on any atom is 0.316 e. The zero-order valence-corrected chi connectivity index (χ0v) is 10.6. The maximum atomic E-state index is 11.0. The number of aliphatic carboxylic acids is 1. The highest BCUT2D eigenvalue weighted by Gasteiger charge is 2.16. The van der Waals surface area contributed by atoms with E-state index in [0.717, 1.165) is 18.6 Å². The molecule has 0 aliphatic rings. The Morgan fingerprint density at radius 2 is 2.25 bits per heavy atom. The van der Waals surface area contributed by atoms with Gasteiger partial charge in [-0.25, -0.2) is 0 Å². The first-order valence-corrected chi connectivity index (χ1v) is 6.58. The third kappa shape index (κ3) is 4.27. The Bertz CT molecular complexity index is 350. The van der Waals surface area contributed by atoms with Crippen molar-refractivity contribution in [1.82, 2.24) is 0 Å². The fraction of sp³-hybridized carbons (Fsp3) is 0.462. The van der Waals surface area contributed by atoms with Crippen molar-refractivity contribution in [3.63, 3.8) is 0 Å². The molecule has 0 saturated heterocycles. The molecule has 16 heavy (non-hydrogen) atoms. The van der Waals surface area contributed by atoms with Crippen LogP contribution < -0.4 is 0 Å². The highest BCUT2D eigenvalue weighted by Crippen LogP contribution is 2.22. The van der Waals surface area contributed by atoms with E-state index in [4.69, 9.17) is 5.11 Å². The van der Waals surface area contributed by atoms with Crippen LogP contribution in [0.25, 0.3) is 0 Å². The lowest BCUT2D eigenvalue weighted by atomic mass is 10.2. The molecule has 1 aromatic carbocycles. The zero-order chi connectivity index (χ0) is 12.0. The van der Waals surface area contributed by atoms with Crippen LogP contribution in [-0.4, -0.2) is 16.3 Å². The van der Waals surface area contributed by atoms with Gasteiger partial charge in [-0.1, -0.05) is 43.2 Å². The third-order valence-corrected chi connectivity index (χ3v) is 3.70. The van der Waals surface area contributed by atoms with Gasteiger partial charge in [0, 0.05) is 5.75 Å². The van der Waals surface area contributed by atoms with Crippen LogP contribution in [0.2, 0.25) is 0 Å². The quantitative estimate of drug-likeness (QED) is 0.824. The standard InChI is InChI=1S/C13H18O2S/c1-3-5-12(13(14)15)16-9-11-7-4-6-10(2)8-11/h4,6-8,12H,3,5,9H2,1-2H3,(H,14,15). The van der Waals surface area contributed by atoms with Crippen LogP contribution in [0.3, 0.4) is 0 Å². The minimum absolute atomic E-state index is 0.273. The summed E-state index contributed by atoms with van der Waals surface area (Å²) in [5, 5.41) is 8.74. The number of rotatable bonds is 6. The number of hydrogen-bond donors (Lipinski definition) is 1. The van der Waals surface area contributed by atoms with Gasteiger partial charge in [-0.05, 0) is 18.9 Å². The second-order valence-electron chi connectivity index (χ2n) is 3.92. The minimum Gasteiger partial charge on any atom is -0.480 e. The Kier molecular flexibility index (Phi) is 5.39. The number of benzene rings is 1. The van der Waals surface area contributed by atoms with Crippen LogP contribution in [0.4, 0.5) is 0 Å². The van der Waals surface area contributed by atoms with Crippen LogP contribution >= 0.6 is 11.8 Å². The molecule has 1 atom stereocenters. The molecule has 0 amide bonds. The van der Waals surface area contributed by atoms with Gasteiger partial charge in [-0.2, -0.15) is 0 Å². The first-order valence-electron chi connectivity index (χ1n) is 5.53.